The fourth-order valence-electron chi connectivity index (χ4n) is 2.68. The first-order chi connectivity index (χ1) is 6.91. The van der Waals surface area contributed by atoms with Crippen LogP contribution in [0.25, 0.3) is 0 Å². The maximum absolute atomic E-state index is 10.1. The summed E-state index contributed by atoms with van der Waals surface area (Å²) in [7, 11) is 0. The average molecular weight is 208 g/mol. The summed E-state index contributed by atoms with van der Waals surface area (Å²) in [6.45, 7) is 10.2. The molecule has 2 heteroatoms. The first-order valence-electron chi connectivity index (χ1n) is 5.61. The first kappa shape index (κ1) is 10.9. The Morgan fingerprint density at radius 1 is 1.53 bits per heavy atom. The molecule has 3 atom stereocenters. The van der Waals surface area contributed by atoms with Crippen molar-refractivity contribution in [2.75, 3.05) is 0 Å². The van der Waals surface area contributed by atoms with Crippen molar-refractivity contribution in [3.63, 3.8) is 0 Å². The Morgan fingerprint density at radius 2 is 2.20 bits per heavy atom. The van der Waals surface area contributed by atoms with E-state index in [1.165, 1.54) is 5.57 Å². The molecule has 0 aromatic heterocycles. The number of fused-ring (bicyclic) bond motifs is 1. The molecule has 0 aromatic carbocycles. The Kier molecular flexibility index (Phi) is 2.52. The summed E-state index contributed by atoms with van der Waals surface area (Å²) in [5.74, 6) is 0.303. The quantitative estimate of drug-likeness (QED) is 0.620. The van der Waals surface area contributed by atoms with Crippen molar-refractivity contribution in [2.45, 2.75) is 51.4 Å². The molecule has 0 saturated carbocycles. The zero-order valence-electron chi connectivity index (χ0n) is 9.79. The lowest BCUT2D eigenvalue weighted by Gasteiger charge is -2.46. The van der Waals surface area contributed by atoms with Crippen molar-refractivity contribution in [3.05, 3.63) is 23.8 Å². The monoisotopic (exact) mass is 208 g/mol. The van der Waals surface area contributed by atoms with Gasteiger partial charge in [0.1, 0.15) is 6.10 Å². The summed E-state index contributed by atoms with van der Waals surface area (Å²) in [6, 6.07) is 0. The minimum atomic E-state index is -0.458. The molecule has 1 heterocycles. The molecule has 0 bridgehead atoms. The number of allylic oxidation sites excluding steroid dienone is 1. The highest BCUT2D eigenvalue weighted by molar-refractivity contribution is 5.22. The second-order valence-electron chi connectivity index (χ2n) is 5.41. The number of aliphatic hydroxyl groups excluding tert-OH is 1. The second kappa shape index (κ2) is 3.46. The molecule has 0 aromatic rings. The zero-order valence-corrected chi connectivity index (χ0v) is 9.79. The van der Waals surface area contributed by atoms with Crippen molar-refractivity contribution in [2.24, 2.45) is 5.92 Å². The number of ether oxygens (including phenoxy) is 1. The summed E-state index contributed by atoms with van der Waals surface area (Å²) in [5, 5.41) is 10.1. The summed E-state index contributed by atoms with van der Waals surface area (Å²) in [5.41, 5.74) is 2.07. The summed E-state index contributed by atoms with van der Waals surface area (Å²) >= 11 is 0. The smallest absolute Gasteiger partial charge is 0.101 e. The Hall–Kier alpha value is -0.600. The fourth-order valence-corrected chi connectivity index (χ4v) is 2.68. The SMILES string of the molecule is C=C1CC(C)(C)O[C@H]2[C@H](O)C(C)=CC[C@@H]12. The van der Waals surface area contributed by atoms with Gasteiger partial charge in [0.25, 0.3) is 0 Å². The van der Waals surface area contributed by atoms with Crippen LogP contribution in [0.2, 0.25) is 0 Å². The fraction of sp³-hybridized carbons (Fsp3) is 0.692. The molecule has 1 fully saturated rings. The molecule has 2 nitrogen and oxygen atoms in total. The van der Waals surface area contributed by atoms with E-state index in [9.17, 15) is 5.11 Å². The van der Waals surface area contributed by atoms with E-state index in [1.807, 2.05) is 6.92 Å². The van der Waals surface area contributed by atoms with Gasteiger partial charge in [-0.15, -0.1) is 0 Å². The van der Waals surface area contributed by atoms with Crippen molar-refractivity contribution in [1.29, 1.82) is 0 Å². The number of hydrogen-bond donors (Lipinski definition) is 1. The van der Waals surface area contributed by atoms with Gasteiger partial charge in [0.2, 0.25) is 0 Å². The Bertz CT molecular complexity index is 314. The van der Waals surface area contributed by atoms with Gasteiger partial charge in [-0.1, -0.05) is 18.2 Å². The van der Waals surface area contributed by atoms with Crippen LogP contribution < -0.4 is 0 Å². The lowest BCUT2D eigenvalue weighted by atomic mass is 9.75. The summed E-state index contributed by atoms with van der Waals surface area (Å²) in [6.07, 6.45) is 3.42. The first-order valence-corrected chi connectivity index (χ1v) is 5.61. The van der Waals surface area contributed by atoms with E-state index in [0.29, 0.717) is 5.92 Å². The van der Waals surface area contributed by atoms with Crippen LogP contribution in [0.4, 0.5) is 0 Å². The highest BCUT2D eigenvalue weighted by Gasteiger charge is 2.43. The van der Waals surface area contributed by atoms with E-state index in [0.717, 1.165) is 18.4 Å². The van der Waals surface area contributed by atoms with E-state index in [2.05, 4.69) is 26.5 Å². The van der Waals surface area contributed by atoms with Gasteiger partial charge in [-0.3, -0.25) is 0 Å². The third-order valence-corrected chi connectivity index (χ3v) is 3.50. The minimum absolute atomic E-state index is 0.0914. The largest absolute Gasteiger partial charge is 0.386 e. The van der Waals surface area contributed by atoms with Crippen LogP contribution in [0.3, 0.4) is 0 Å². The van der Waals surface area contributed by atoms with Crippen LogP contribution in [0.1, 0.15) is 33.6 Å². The van der Waals surface area contributed by atoms with Gasteiger partial charge in [0.15, 0.2) is 0 Å². The van der Waals surface area contributed by atoms with Gasteiger partial charge in [0, 0.05) is 5.92 Å². The number of aliphatic hydroxyl groups is 1. The van der Waals surface area contributed by atoms with E-state index < -0.39 is 6.10 Å². The van der Waals surface area contributed by atoms with Gasteiger partial charge < -0.3 is 9.84 Å². The molecule has 2 rings (SSSR count). The minimum Gasteiger partial charge on any atom is -0.386 e. The van der Waals surface area contributed by atoms with Gasteiger partial charge in [-0.25, -0.2) is 0 Å². The molecular formula is C13H20O2. The van der Waals surface area contributed by atoms with Crippen LogP contribution in [-0.2, 0) is 4.74 Å². The third kappa shape index (κ3) is 1.88. The predicted molar refractivity (Wildman–Crippen MR) is 60.6 cm³/mol. The normalized spacial score (nSPS) is 39.6. The predicted octanol–water partition coefficient (Wildman–Crippen LogP) is 2.44. The maximum Gasteiger partial charge on any atom is 0.101 e. The molecule has 0 unspecified atom stereocenters. The van der Waals surface area contributed by atoms with Crippen LogP contribution in [-0.4, -0.2) is 22.9 Å². The topological polar surface area (TPSA) is 29.5 Å². The molecule has 84 valence electrons. The molecule has 1 aliphatic carbocycles. The molecule has 1 aliphatic heterocycles. The molecule has 1 N–H and O–H groups in total. The molecule has 1 saturated heterocycles. The highest BCUT2D eigenvalue weighted by Crippen LogP contribution is 2.41. The van der Waals surface area contributed by atoms with E-state index in [-0.39, 0.29) is 11.7 Å². The van der Waals surface area contributed by atoms with Crippen LogP contribution >= 0.6 is 0 Å². The Labute approximate surface area is 91.6 Å². The van der Waals surface area contributed by atoms with E-state index >= 15 is 0 Å². The van der Waals surface area contributed by atoms with Crippen molar-refractivity contribution in [1.82, 2.24) is 0 Å². The van der Waals surface area contributed by atoms with E-state index in [1.54, 1.807) is 0 Å². The lowest BCUT2D eigenvalue weighted by molar-refractivity contribution is -0.150. The lowest BCUT2D eigenvalue weighted by Crippen LogP contribution is -2.49. The summed E-state index contributed by atoms with van der Waals surface area (Å²) in [4.78, 5) is 0. The van der Waals surface area contributed by atoms with Gasteiger partial charge in [0.05, 0.1) is 11.7 Å². The molecule has 0 radical (unpaired) electrons. The van der Waals surface area contributed by atoms with Crippen LogP contribution in [0, 0.1) is 5.92 Å². The van der Waals surface area contributed by atoms with Crippen LogP contribution in [0.5, 0.6) is 0 Å². The molecular weight excluding hydrogens is 188 g/mol. The van der Waals surface area contributed by atoms with Crippen molar-refractivity contribution >= 4 is 0 Å². The van der Waals surface area contributed by atoms with Crippen molar-refractivity contribution < 1.29 is 9.84 Å². The van der Waals surface area contributed by atoms with Gasteiger partial charge >= 0.3 is 0 Å². The number of rotatable bonds is 0. The highest BCUT2D eigenvalue weighted by atomic mass is 16.5. The standard InChI is InChI=1S/C13H20O2/c1-8-5-6-10-9(2)7-13(3,4)15-12(10)11(8)14/h5,10-12,14H,2,6-7H2,1,3-4H3/t10-,11+,12+/m0/s1. The molecule has 2 aliphatic rings. The number of hydrogen-bond acceptors (Lipinski definition) is 2. The average Bonchev–Trinajstić information content (AvgIpc) is 2.10. The Morgan fingerprint density at radius 3 is 2.87 bits per heavy atom. The molecule has 15 heavy (non-hydrogen) atoms. The van der Waals surface area contributed by atoms with Crippen molar-refractivity contribution in [3.8, 4) is 0 Å². The van der Waals surface area contributed by atoms with Gasteiger partial charge in [-0.2, -0.15) is 0 Å². The second-order valence-corrected chi connectivity index (χ2v) is 5.41. The van der Waals surface area contributed by atoms with E-state index in [4.69, 9.17) is 4.74 Å². The molecule has 0 spiro atoms. The maximum atomic E-state index is 10.1. The zero-order chi connectivity index (χ0) is 11.2. The van der Waals surface area contributed by atoms with Crippen LogP contribution in [0.15, 0.2) is 23.8 Å². The summed E-state index contributed by atoms with van der Waals surface area (Å²) < 4.78 is 5.98. The molecule has 0 amide bonds. The van der Waals surface area contributed by atoms with Gasteiger partial charge in [-0.05, 0) is 39.2 Å². The third-order valence-electron chi connectivity index (χ3n) is 3.50. The Balaban J connectivity index is 2.27.